The number of nitrogens with one attached hydrogen (secondary N) is 1. The lowest BCUT2D eigenvalue weighted by atomic mass is 9.86. The summed E-state index contributed by atoms with van der Waals surface area (Å²) in [6, 6.07) is 9.58. The molecular formula is C24H32N4O3. The molecule has 0 unspecified atom stereocenters. The summed E-state index contributed by atoms with van der Waals surface area (Å²) in [4.78, 5) is 36.8. The number of benzene rings is 1. The predicted octanol–water partition coefficient (Wildman–Crippen LogP) is 2.53. The zero-order valence-corrected chi connectivity index (χ0v) is 18.6. The Hall–Kier alpha value is -2.67. The Morgan fingerprint density at radius 2 is 1.84 bits per heavy atom. The van der Waals surface area contributed by atoms with Crippen molar-refractivity contribution in [2.75, 3.05) is 39.8 Å². The van der Waals surface area contributed by atoms with E-state index in [1.165, 1.54) is 0 Å². The summed E-state index contributed by atoms with van der Waals surface area (Å²) < 4.78 is 5.30. The second kappa shape index (κ2) is 9.22. The smallest absolute Gasteiger partial charge is 0.251 e. The van der Waals surface area contributed by atoms with Gasteiger partial charge in [0.05, 0.1) is 19.3 Å². The Morgan fingerprint density at radius 1 is 1.16 bits per heavy atom. The van der Waals surface area contributed by atoms with E-state index in [0.717, 1.165) is 48.9 Å². The Morgan fingerprint density at radius 3 is 2.48 bits per heavy atom. The molecule has 1 aromatic carbocycles. The van der Waals surface area contributed by atoms with Crippen molar-refractivity contribution in [3.8, 4) is 5.75 Å². The van der Waals surface area contributed by atoms with Crippen molar-refractivity contribution in [2.45, 2.75) is 38.5 Å². The Bertz CT molecular complexity index is 964. The monoisotopic (exact) mass is 424 g/mol. The van der Waals surface area contributed by atoms with Crippen molar-refractivity contribution in [1.82, 2.24) is 19.8 Å². The van der Waals surface area contributed by atoms with E-state index in [-0.39, 0.29) is 23.3 Å². The van der Waals surface area contributed by atoms with Gasteiger partial charge in [-0.25, -0.2) is 4.98 Å². The minimum absolute atomic E-state index is 0.0141. The maximum absolute atomic E-state index is 13.2. The molecule has 166 valence electrons. The first-order valence-electron chi connectivity index (χ1n) is 11.1. The third-order valence-electron chi connectivity index (χ3n) is 6.71. The van der Waals surface area contributed by atoms with E-state index in [1.807, 2.05) is 17.0 Å². The van der Waals surface area contributed by atoms with E-state index in [4.69, 9.17) is 4.74 Å². The molecule has 3 heterocycles. The summed E-state index contributed by atoms with van der Waals surface area (Å²) in [6.45, 7) is 7.73. The van der Waals surface area contributed by atoms with E-state index in [1.54, 1.807) is 20.1 Å². The summed E-state index contributed by atoms with van der Waals surface area (Å²) in [5, 5.41) is 0. The van der Waals surface area contributed by atoms with Gasteiger partial charge in [0.15, 0.2) is 0 Å². The van der Waals surface area contributed by atoms with Crippen molar-refractivity contribution in [2.24, 2.45) is 5.92 Å². The average molecular weight is 425 g/mol. The molecular weight excluding hydrogens is 392 g/mol. The summed E-state index contributed by atoms with van der Waals surface area (Å²) in [6.07, 6.45) is 2.31. The summed E-state index contributed by atoms with van der Waals surface area (Å²) in [5.74, 6) is 2.38. The van der Waals surface area contributed by atoms with Crippen LogP contribution in [0.5, 0.6) is 5.75 Å². The molecule has 7 heteroatoms. The highest BCUT2D eigenvalue weighted by Gasteiger charge is 2.38. The maximum atomic E-state index is 13.2. The minimum atomic E-state index is -0.150. The molecule has 1 amide bonds. The zero-order chi connectivity index (χ0) is 22.0. The Balaban J connectivity index is 1.56. The van der Waals surface area contributed by atoms with E-state index in [9.17, 15) is 9.59 Å². The van der Waals surface area contributed by atoms with Gasteiger partial charge in [0.1, 0.15) is 11.6 Å². The first-order valence-corrected chi connectivity index (χ1v) is 11.1. The normalized spacial score (nSPS) is 22.6. The van der Waals surface area contributed by atoms with Crippen LogP contribution >= 0.6 is 0 Å². The number of ether oxygens (including phenoxy) is 1. The molecule has 0 radical (unpaired) electrons. The Kier molecular flexibility index (Phi) is 6.41. The van der Waals surface area contributed by atoms with Gasteiger partial charge in [0.2, 0.25) is 5.91 Å². The highest BCUT2D eigenvalue weighted by molar-refractivity contribution is 5.79. The van der Waals surface area contributed by atoms with Crippen LogP contribution in [0.2, 0.25) is 0 Å². The summed E-state index contributed by atoms with van der Waals surface area (Å²) in [7, 11) is 1.65. The lowest BCUT2D eigenvalue weighted by Gasteiger charge is -2.31. The van der Waals surface area contributed by atoms with Gasteiger partial charge < -0.3 is 14.6 Å². The van der Waals surface area contributed by atoms with Crippen molar-refractivity contribution in [1.29, 1.82) is 0 Å². The van der Waals surface area contributed by atoms with Gasteiger partial charge in [-0.05, 0) is 56.5 Å². The number of hydrogen-bond donors (Lipinski definition) is 1. The molecule has 2 saturated heterocycles. The highest BCUT2D eigenvalue weighted by atomic mass is 16.5. The lowest BCUT2D eigenvalue weighted by Crippen LogP contribution is -2.42. The molecule has 0 aliphatic carbocycles. The molecule has 1 N–H and O–H groups in total. The van der Waals surface area contributed by atoms with E-state index >= 15 is 0 Å². The van der Waals surface area contributed by atoms with Gasteiger partial charge in [0.25, 0.3) is 5.56 Å². The van der Waals surface area contributed by atoms with Crippen LogP contribution in [0.4, 0.5) is 0 Å². The number of aromatic amines is 1. The number of carbonyl (C=O) groups is 1. The van der Waals surface area contributed by atoms with Gasteiger partial charge in [0, 0.05) is 31.0 Å². The van der Waals surface area contributed by atoms with Gasteiger partial charge >= 0.3 is 0 Å². The van der Waals surface area contributed by atoms with Gasteiger partial charge in [-0.3, -0.25) is 14.5 Å². The van der Waals surface area contributed by atoms with Crippen LogP contribution in [0.3, 0.4) is 0 Å². The number of aromatic nitrogens is 2. The number of nitrogens with zero attached hydrogens (tertiary/aromatic N) is 3. The number of hydrogen-bond acceptors (Lipinski definition) is 5. The predicted molar refractivity (Wildman–Crippen MR) is 119 cm³/mol. The largest absolute Gasteiger partial charge is 0.497 e. The number of methoxy groups -OCH3 is 1. The zero-order valence-electron chi connectivity index (χ0n) is 18.6. The van der Waals surface area contributed by atoms with Crippen LogP contribution < -0.4 is 10.3 Å². The van der Waals surface area contributed by atoms with Crippen molar-refractivity contribution in [3.63, 3.8) is 0 Å². The molecule has 2 atom stereocenters. The molecule has 2 fully saturated rings. The first-order chi connectivity index (χ1) is 14.9. The second-order valence-corrected chi connectivity index (χ2v) is 9.00. The van der Waals surface area contributed by atoms with Crippen molar-refractivity contribution in [3.05, 3.63) is 57.8 Å². The fraction of sp³-hybridized carbons (Fsp3) is 0.542. The molecule has 31 heavy (non-hydrogen) atoms. The fourth-order valence-corrected chi connectivity index (χ4v) is 4.80. The van der Waals surface area contributed by atoms with Gasteiger partial charge in [-0.2, -0.15) is 0 Å². The Labute approximate surface area is 183 Å². The van der Waals surface area contributed by atoms with E-state index < -0.39 is 0 Å². The SMILES string of the molecule is COc1ccc([C@@H]2CN(C(=O)CN3CCC(C)CC3)C[C@H]2c2cc(=O)[nH]c(C)n2)cc1. The van der Waals surface area contributed by atoms with Crippen molar-refractivity contribution >= 4 is 5.91 Å². The second-order valence-electron chi connectivity index (χ2n) is 9.00. The van der Waals surface area contributed by atoms with Crippen LogP contribution in [0.25, 0.3) is 0 Å². The minimum Gasteiger partial charge on any atom is -0.497 e. The van der Waals surface area contributed by atoms with Crippen LogP contribution in [0, 0.1) is 12.8 Å². The van der Waals surface area contributed by atoms with Crippen molar-refractivity contribution < 1.29 is 9.53 Å². The number of amides is 1. The maximum Gasteiger partial charge on any atom is 0.251 e. The lowest BCUT2D eigenvalue weighted by molar-refractivity contribution is -0.131. The number of piperidine rings is 1. The molecule has 2 aromatic rings. The molecule has 0 spiro atoms. The van der Waals surface area contributed by atoms with Crippen LogP contribution in [-0.4, -0.2) is 65.5 Å². The molecule has 2 aliphatic heterocycles. The summed E-state index contributed by atoms with van der Waals surface area (Å²) >= 11 is 0. The van der Waals surface area contributed by atoms with Crippen LogP contribution in [0.15, 0.2) is 35.1 Å². The van der Waals surface area contributed by atoms with Gasteiger partial charge in [-0.1, -0.05) is 19.1 Å². The van der Waals surface area contributed by atoms with Crippen LogP contribution in [0.1, 0.15) is 48.7 Å². The van der Waals surface area contributed by atoms with E-state index in [0.29, 0.717) is 25.5 Å². The van der Waals surface area contributed by atoms with Crippen LogP contribution in [-0.2, 0) is 4.79 Å². The number of rotatable bonds is 5. The first kappa shape index (κ1) is 21.6. The quantitative estimate of drug-likeness (QED) is 0.798. The average Bonchev–Trinajstić information content (AvgIpc) is 3.20. The molecule has 7 nitrogen and oxygen atoms in total. The highest BCUT2D eigenvalue weighted by Crippen LogP contribution is 2.39. The molecule has 1 aromatic heterocycles. The third kappa shape index (κ3) is 4.98. The van der Waals surface area contributed by atoms with E-state index in [2.05, 4.69) is 33.9 Å². The molecule has 0 saturated carbocycles. The molecule has 0 bridgehead atoms. The molecule has 4 rings (SSSR count). The summed E-state index contributed by atoms with van der Waals surface area (Å²) in [5.41, 5.74) is 1.74. The molecule has 2 aliphatic rings. The number of aryl methyl sites for hydroxylation is 1. The third-order valence-corrected chi connectivity index (χ3v) is 6.71. The number of carbonyl (C=O) groups excluding carboxylic acids is 1. The number of likely N-dealkylation sites (tertiary alicyclic amines) is 2. The fourth-order valence-electron chi connectivity index (χ4n) is 4.80. The standard InChI is InChI=1S/C24H32N4O3/c1-16-8-10-27(11-9-16)15-24(30)28-13-20(18-4-6-19(31-3)7-5-18)21(14-28)22-12-23(29)26-17(2)25-22/h4-7,12,16,20-21H,8-11,13-15H2,1-3H3,(H,25,26,29)/t20-,21+/m0/s1. The topological polar surface area (TPSA) is 78.5 Å². The van der Waals surface area contributed by atoms with Gasteiger partial charge in [-0.15, -0.1) is 0 Å². The number of H-pyrrole nitrogens is 1.